The predicted molar refractivity (Wildman–Crippen MR) is 110 cm³/mol. The van der Waals surface area contributed by atoms with Crippen molar-refractivity contribution in [1.29, 1.82) is 0 Å². The molecule has 0 aliphatic heterocycles. The average Bonchev–Trinajstić information content (AvgIpc) is 2.67. The maximum Gasteiger partial charge on any atom is 0.330 e. The normalized spacial score (nSPS) is 10.6. The van der Waals surface area contributed by atoms with Gasteiger partial charge in [-0.3, -0.25) is 19.1 Å². The summed E-state index contributed by atoms with van der Waals surface area (Å²) in [6.07, 6.45) is 0. The molecule has 0 bridgehead atoms. The number of aromatic amines is 1. The van der Waals surface area contributed by atoms with Gasteiger partial charge in [0.1, 0.15) is 17.3 Å². The van der Waals surface area contributed by atoms with Crippen LogP contribution in [0, 0.1) is 5.82 Å². The highest BCUT2D eigenvalue weighted by atomic mass is 19.1. The van der Waals surface area contributed by atoms with E-state index in [-0.39, 0.29) is 24.6 Å². The zero-order chi connectivity index (χ0) is 21.0. The molecular weight excluding hydrogens is 377 g/mol. The molecule has 0 saturated heterocycles. The number of nitrogens with one attached hydrogen (secondary N) is 2. The van der Waals surface area contributed by atoms with Crippen molar-refractivity contribution in [1.82, 2.24) is 9.55 Å². The van der Waals surface area contributed by atoms with E-state index in [4.69, 9.17) is 5.73 Å². The first kappa shape index (κ1) is 19.9. The molecule has 0 unspecified atom stereocenters. The van der Waals surface area contributed by atoms with Crippen molar-refractivity contribution in [3.8, 4) is 0 Å². The van der Waals surface area contributed by atoms with E-state index < -0.39 is 23.0 Å². The van der Waals surface area contributed by atoms with Crippen molar-refractivity contribution >= 4 is 23.1 Å². The van der Waals surface area contributed by atoms with Crippen molar-refractivity contribution in [2.45, 2.75) is 6.54 Å². The number of H-pyrrole nitrogens is 1. The van der Waals surface area contributed by atoms with Crippen molar-refractivity contribution < 1.29 is 9.18 Å². The van der Waals surface area contributed by atoms with Gasteiger partial charge in [-0.1, -0.05) is 30.3 Å². The molecule has 29 heavy (non-hydrogen) atoms. The van der Waals surface area contributed by atoms with Gasteiger partial charge in [-0.2, -0.15) is 0 Å². The van der Waals surface area contributed by atoms with Gasteiger partial charge in [-0.15, -0.1) is 0 Å². The summed E-state index contributed by atoms with van der Waals surface area (Å²) < 4.78 is 14.2. The number of hydrogen-bond acceptors (Lipinski definition) is 5. The minimum atomic E-state index is -0.686. The van der Waals surface area contributed by atoms with E-state index in [1.807, 2.05) is 30.3 Å². The highest BCUT2D eigenvalue weighted by Gasteiger charge is 2.18. The van der Waals surface area contributed by atoms with Gasteiger partial charge in [0, 0.05) is 12.7 Å². The maximum atomic E-state index is 13.0. The SMILES string of the molecule is CN(CC(=O)Nc1ccc(F)cc1)c1c(N)n(Cc2ccccc2)c(=O)[nH]c1=O. The Morgan fingerprint density at radius 3 is 2.45 bits per heavy atom. The van der Waals surface area contributed by atoms with Crippen LogP contribution in [-0.4, -0.2) is 29.1 Å². The number of anilines is 3. The molecule has 0 atom stereocenters. The second-order valence-corrected chi connectivity index (χ2v) is 6.48. The van der Waals surface area contributed by atoms with E-state index in [1.165, 1.54) is 40.8 Å². The Kier molecular flexibility index (Phi) is 5.77. The summed E-state index contributed by atoms with van der Waals surface area (Å²) in [4.78, 5) is 40.4. The smallest absolute Gasteiger partial charge is 0.330 e. The van der Waals surface area contributed by atoms with Crippen LogP contribution in [0.2, 0.25) is 0 Å². The number of carbonyl (C=O) groups excluding carboxylic acids is 1. The van der Waals surface area contributed by atoms with Crippen molar-refractivity contribution in [3.05, 3.63) is 86.8 Å². The molecule has 3 rings (SSSR count). The summed E-state index contributed by atoms with van der Waals surface area (Å²) in [5.41, 5.74) is 6.04. The molecule has 8 nitrogen and oxygen atoms in total. The van der Waals surface area contributed by atoms with Gasteiger partial charge in [0.2, 0.25) is 5.91 Å². The van der Waals surface area contributed by atoms with Crippen LogP contribution in [0.3, 0.4) is 0 Å². The number of nitrogens with two attached hydrogens (primary N) is 1. The second-order valence-electron chi connectivity index (χ2n) is 6.48. The standard InChI is InChI=1S/C20H20FN5O3/c1-25(12-16(27)23-15-9-7-14(21)8-10-15)17-18(22)26(20(29)24-19(17)28)11-13-5-3-2-4-6-13/h2-10H,11-12,22H2,1H3,(H,23,27)(H,24,28,29). The quantitative estimate of drug-likeness (QED) is 0.582. The summed E-state index contributed by atoms with van der Waals surface area (Å²) in [7, 11) is 1.52. The molecule has 2 aromatic carbocycles. The number of likely N-dealkylation sites (N-methyl/N-ethyl adjacent to an activating group) is 1. The van der Waals surface area contributed by atoms with Crippen molar-refractivity contribution in [2.24, 2.45) is 0 Å². The molecule has 3 aromatic rings. The summed E-state index contributed by atoms with van der Waals surface area (Å²) in [6.45, 7) is -0.0287. The zero-order valence-corrected chi connectivity index (χ0v) is 15.7. The molecule has 0 fully saturated rings. The lowest BCUT2D eigenvalue weighted by molar-refractivity contribution is -0.114. The van der Waals surface area contributed by atoms with Crippen LogP contribution in [0.5, 0.6) is 0 Å². The number of amides is 1. The Hall–Kier alpha value is -3.88. The third-order valence-corrected chi connectivity index (χ3v) is 4.29. The summed E-state index contributed by atoms with van der Waals surface area (Å²) in [6, 6.07) is 14.5. The van der Waals surface area contributed by atoms with Gasteiger partial charge < -0.3 is 16.0 Å². The lowest BCUT2D eigenvalue weighted by Gasteiger charge is -2.21. The number of nitrogens with zero attached hydrogens (tertiary/aromatic N) is 2. The first-order valence-corrected chi connectivity index (χ1v) is 8.78. The van der Waals surface area contributed by atoms with E-state index in [2.05, 4.69) is 10.3 Å². The third kappa shape index (κ3) is 4.70. The third-order valence-electron chi connectivity index (χ3n) is 4.29. The van der Waals surface area contributed by atoms with Gasteiger partial charge >= 0.3 is 5.69 Å². The second kappa shape index (κ2) is 8.42. The van der Waals surface area contributed by atoms with Gasteiger partial charge in [0.15, 0.2) is 0 Å². The minimum Gasteiger partial charge on any atom is -0.383 e. The first-order valence-electron chi connectivity index (χ1n) is 8.78. The van der Waals surface area contributed by atoms with Crippen LogP contribution in [0.15, 0.2) is 64.2 Å². The largest absolute Gasteiger partial charge is 0.383 e. The average molecular weight is 397 g/mol. The van der Waals surface area contributed by atoms with Crippen LogP contribution in [0.25, 0.3) is 0 Å². The van der Waals surface area contributed by atoms with Crippen LogP contribution >= 0.6 is 0 Å². The van der Waals surface area contributed by atoms with Gasteiger partial charge in [0.05, 0.1) is 13.1 Å². The van der Waals surface area contributed by atoms with E-state index in [0.29, 0.717) is 5.69 Å². The fourth-order valence-electron chi connectivity index (χ4n) is 2.90. The number of carbonyl (C=O) groups is 1. The lowest BCUT2D eigenvalue weighted by Crippen LogP contribution is -2.39. The van der Waals surface area contributed by atoms with Crippen LogP contribution in [-0.2, 0) is 11.3 Å². The predicted octanol–water partition coefficient (Wildman–Crippen LogP) is 1.38. The number of aromatic nitrogens is 2. The van der Waals surface area contributed by atoms with E-state index in [0.717, 1.165) is 5.56 Å². The molecule has 4 N–H and O–H groups in total. The molecular formula is C20H20FN5O3. The van der Waals surface area contributed by atoms with Gasteiger partial charge in [-0.25, -0.2) is 9.18 Å². The Labute approximate surface area is 165 Å². The van der Waals surface area contributed by atoms with Crippen LogP contribution < -0.4 is 27.2 Å². The first-order chi connectivity index (χ1) is 13.8. The highest BCUT2D eigenvalue weighted by molar-refractivity contribution is 5.94. The highest BCUT2D eigenvalue weighted by Crippen LogP contribution is 2.16. The van der Waals surface area contributed by atoms with Crippen molar-refractivity contribution in [2.75, 3.05) is 29.5 Å². The van der Waals surface area contributed by atoms with E-state index >= 15 is 0 Å². The molecule has 1 aromatic heterocycles. The fourth-order valence-corrected chi connectivity index (χ4v) is 2.90. The number of hydrogen-bond donors (Lipinski definition) is 3. The molecule has 0 aliphatic carbocycles. The Morgan fingerprint density at radius 1 is 1.14 bits per heavy atom. The molecule has 0 radical (unpaired) electrons. The van der Waals surface area contributed by atoms with E-state index in [1.54, 1.807) is 0 Å². The lowest BCUT2D eigenvalue weighted by atomic mass is 10.2. The molecule has 1 heterocycles. The van der Waals surface area contributed by atoms with Crippen LogP contribution in [0.4, 0.5) is 21.6 Å². The number of nitrogen functional groups attached to an aromatic ring is 1. The number of rotatable bonds is 6. The number of benzene rings is 2. The maximum absolute atomic E-state index is 13.0. The molecule has 1 amide bonds. The topological polar surface area (TPSA) is 113 Å². The Balaban J connectivity index is 1.82. The fraction of sp³-hybridized carbons (Fsp3) is 0.150. The van der Waals surface area contributed by atoms with Gasteiger partial charge in [0.25, 0.3) is 5.56 Å². The molecule has 0 spiro atoms. The van der Waals surface area contributed by atoms with Crippen LogP contribution in [0.1, 0.15) is 5.56 Å². The monoisotopic (exact) mass is 397 g/mol. The zero-order valence-electron chi connectivity index (χ0n) is 15.7. The molecule has 0 saturated carbocycles. The number of halogens is 1. The summed E-state index contributed by atoms with van der Waals surface area (Å²) in [5, 5.41) is 2.61. The van der Waals surface area contributed by atoms with Crippen molar-refractivity contribution in [3.63, 3.8) is 0 Å². The molecule has 150 valence electrons. The summed E-state index contributed by atoms with van der Waals surface area (Å²) in [5.74, 6) is -0.890. The minimum absolute atomic E-state index is 0.00906. The Morgan fingerprint density at radius 2 is 1.79 bits per heavy atom. The summed E-state index contributed by atoms with van der Waals surface area (Å²) >= 11 is 0. The molecule has 9 heteroatoms. The Bertz CT molecular complexity index is 1120. The van der Waals surface area contributed by atoms with Gasteiger partial charge in [-0.05, 0) is 29.8 Å². The van der Waals surface area contributed by atoms with E-state index in [9.17, 15) is 18.8 Å². The molecule has 0 aliphatic rings.